The Morgan fingerprint density at radius 2 is 2.19 bits per heavy atom. The highest BCUT2D eigenvalue weighted by molar-refractivity contribution is 6.18. The molecule has 16 heavy (non-hydrogen) atoms. The number of nitrogens with zero attached hydrogens (tertiary/aromatic N) is 3. The van der Waals surface area contributed by atoms with Crippen molar-refractivity contribution in [2.24, 2.45) is 11.3 Å². The topological polar surface area (TPSA) is 30.7 Å². The van der Waals surface area contributed by atoms with Crippen LogP contribution in [-0.2, 0) is 13.0 Å². The Balaban J connectivity index is 2.81. The van der Waals surface area contributed by atoms with Gasteiger partial charge in [0, 0.05) is 18.8 Å². The van der Waals surface area contributed by atoms with Crippen molar-refractivity contribution < 1.29 is 0 Å². The summed E-state index contributed by atoms with van der Waals surface area (Å²) in [6.07, 6.45) is 3.61. The van der Waals surface area contributed by atoms with Crippen molar-refractivity contribution in [1.82, 2.24) is 14.8 Å². The highest BCUT2D eigenvalue weighted by Crippen LogP contribution is 2.32. The van der Waals surface area contributed by atoms with Gasteiger partial charge in [-0.2, -0.15) is 5.10 Å². The third kappa shape index (κ3) is 2.97. The molecule has 92 valence electrons. The first-order valence-corrected chi connectivity index (χ1v) is 6.49. The fraction of sp³-hybridized carbons (Fsp3) is 0.833. The van der Waals surface area contributed by atoms with Crippen molar-refractivity contribution in [3.8, 4) is 0 Å². The molecule has 3 nitrogen and oxygen atoms in total. The fourth-order valence-corrected chi connectivity index (χ4v) is 1.99. The van der Waals surface area contributed by atoms with Crippen molar-refractivity contribution in [2.45, 2.75) is 47.1 Å². The Morgan fingerprint density at radius 3 is 2.69 bits per heavy atom. The van der Waals surface area contributed by atoms with Crippen molar-refractivity contribution >= 4 is 11.6 Å². The number of rotatable bonds is 6. The quantitative estimate of drug-likeness (QED) is 0.719. The van der Waals surface area contributed by atoms with Crippen LogP contribution < -0.4 is 0 Å². The van der Waals surface area contributed by atoms with Crippen LogP contribution in [0.1, 0.15) is 39.9 Å². The minimum absolute atomic E-state index is 0.0973. The SMILES string of the molecule is CCCn1ncnc1CC(C)(CCl)C(C)C. The Kier molecular flexibility index (Phi) is 4.78. The molecule has 1 heterocycles. The molecule has 1 aromatic heterocycles. The lowest BCUT2D eigenvalue weighted by atomic mass is 9.78. The first kappa shape index (κ1) is 13.5. The molecule has 0 bridgehead atoms. The van der Waals surface area contributed by atoms with E-state index in [2.05, 4.69) is 37.8 Å². The number of aryl methyl sites for hydroxylation is 1. The molecule has 1 unspecified atom stereocenters. The second-order valence-corrected chi connectivity index (χ2v) is 5.29. The average Bonchev–Trinajstić information content (AvgIpc) is 2.66. The second-order valence-electron chi connectivity index (χ2n) is 5.02. The lowest BCUT2D eigenvalue weighted by molar-refractivity contribution is 0.244. The van der Waals surface area contributed by atoms with Gasteiger partial charge in [0.05, 0.1) is 0 Å². The zero-order valence-corrected chi connectivity index (χ0v) is 11.5. The van der Waals surface area contributed by atoms with Gasteiger partial charge in [0.1, 0.15) is 12.2 Å². The van der Waals surface area contributed by atoms with Gasteiger partial charge in [0.25, 0.3) is 0 Å². The van der Waals surface area contributed by atoms with Gasteiger partial charge >= 0.3 is 0 Å². The summed E-state index contributed by atoms with van der Waals surface area (Å²) in [5, 5.41) is 4.25. The van der Waals surface area contributed by atoms with E-state index in [4.69, 9.17) is 11.6 Å². The molecule has 0 aromatic carbocycles. The van der Waals surface area contributed by atoms with Crippen molar-refractivity contribution in [3.63, 3.8) is 0 Å². The van der Waals surface area contributed by atoms with Crippen LogP contribution in [0, 0.1) is 11.3 Å². The molecule has 1 rings (SSSR count). The zero-order chi connectivity index (χ0) is 12.2. The van der Waals surface area contributed by atoms with Crippen LogP contribution in [-0.4, -0.2) is 20.6 Å². The maximum absolute atomic E-state index is 6.09. The fourth-order valence-electron chi connectivity index (χ4n) is 1.59. The van der Waals surface area contributed by atoms with E-state index in [-0.39, 0.29) is 5.41 Å². The van der Waals surface area contributed by atoms with E-state index in [9.17, 15) is 0 Å². The minimum Gasteiger partial charge on any atom is -0.250 e. The summed E-state index contributed by atoms with van der Waals surface area (Å²) in [5.74, 6) is 2.25. The smallest absolute Gasteiger partial charge is 0.138 e. The number of hydrogen-bond acceptors (Lipinski definition) is 2. The van der Waals surface area contributed by atoms with E-state index in [1.54, 1.807) is 6.33 Å². The van der Waals surface area contributed by atoms with Crippen LogP contribution in [0.4, 0.5) is 0 Å². The van der Waals surface area contributed by atoms with E-state index in [1.165, 1.54) is 0 Å². The predicted molar refractivity (Wildman–Crippen MR) is 67.7 cm³/mol. The lowest BCUT2D eigenvalue weighted by Gasteiger charge is -2.31. The normalized spacial score (nSPS) is 15.4. The second kappa shape index (κ2) is 5.67. The van der Waals surface area contributed by atoms with Crippen LogP contribution in [0.15, 0.2) is 6.33 Å². The summed E-state index contributed by atoms with van der Waals surface area (Å²) in [6.45, 7) is 9.72. The number of alkyl halides is 1. The third-order valence-corrected chi connectivity index (χ3v) is 4.00. The number of hydrogen-bond donors (Lipinski definition) is 0. The first-order chi connectivity index (χ1) is 7.53. The van der Waals surface area contributed by atoms with Gasteiger partial charge < -0.3 is 0 Å². The maximum atomic E-state index is 6.09. The van der Waals surface area contributed by atoms with Gasteiger partial charge in [0.15, 0.2) is 0 Å². The van der Waals surface area contributed by atoms with Gasteiger partial charge in [0.2, 0.25) is 0 Å². The largest absolute Gasteiger partial charge is 0.250 e. The molecule has 0 aliphatic carbocycles. The molecular weight excluding hydrogens is 222 g/mol. The standard InChI is InChI=1S/C12H22ClN3/c1-5-6-16-11(14-9-15-16)7-12(4,8-13)10(2)3/h9-10H,5-8H2,1-4H3. The van der Waals surface area contributed by atoms with Gasteiger partial charge in [-0.15, -0.1) is 11.6 Å². The van der Waals surface area contributed by atoms with Crippen LogP contribution in [0.25, 0.3) is 0 Å². The van der Waals surface area contributed by atoms with Crippen LogP contribution in [0.5, 0.6) is 0 Å². The molecule has 0 spiro atoms. The summed E-state index contributed by atoms with van der Waals surface area (Å²) in [4.78, 5) is 4.34. The van der Waals surface area contributed by atoms with E-state index in [1.807, 2.05) is 4.68 Å². The van der Waals surface area contributed by atoms with Gasteiger partial charge in [-0.1, -0.05) is 27.7 Å². The molecule has 0 radical (unpaired) electrons. The van der Waals surface area contributed by atoms with E-state index in [0.717, 1.165) is 25.2 Å². The molecule has 0 saturated carbocycles. The maximum Gasteiger partial charge on any atom is 0.138 e. The highest BCUT2D eigenvalue weighted by atomic mass is 35.5. The van der Waals surface area contributed by atoms with Crippen LogP contribution >= 0.6 is 11.6 Å². The first-order valence-electron chi connectivity index (χ1n) is 5.96. The summed E-state index contributed by atoms with van der Waals surface area (Å²) < 4.78 is 1.99. The molecule has 4 heteroatoms. The third-order valence-electron chi connectivity index (χ3n) is 3.39. The molecule has 0 amide bonds. The van der Waals surface area contributed by atoms with Crippen molar-refractivity contribution in [1.29, 1.82) is 0 Å². The van der Waals surface area contributed by atoms with Gasteiger partial charge in [-0.05, 0) is 17.8 Å². The van der Waals surface area contributed by atoms with E-state index in [0.29, 0.717) is 11.8 Å². The summed E-state index contributed by atoms with van der Waals surface area (Å²) in [5.41, 5.74) is 0.0973. The van der Waals surface area contributed by atoms with Crippen molar-refractivity contribution in [2.75, 3.05) is 5.88 Å². The summed E-state index contributed by atoms with van der Waals surface area (Å²) >= 11 is 6.09. The lowest BCUT2D eigenvalue weighted by Crippen LogP contribution is -2.29. The Labute approximate surface area is 103 Å². The van der Waals surface area contributed by atoms with Crippen molar-refractivity contribution in [3.05, 3.63) is 12.2 Å². The minimum atomic E-state index is 0.0973. The Morgan fingerprint density at radius 1 is 1.50 bits per heavy atom. The van der Waals surface area contributed by atoms with Gasteiger partial charge in [-0.25, -0.2) is 4.98 Å². The number of halogens is 1. The van der Waals surface area contributed by atoms with Crippen LogP contribution in [0.2, 0.25) is 0 Å². The average molecular weight is 244 g/mol. The Hall–Kier alpha value is -0.570. The molecule has 0 N–H and O–H groups in total. The summed E-state index contributed by atoms with van der Waals surface area (Å²) in [6, 6.07) is 0. The van der Waals surface area contributed by atoms with Gasteiger partial charge in [-0.3, -0.25) is 4.68 Å². The predicted octanol–water partition coefficient (Wildman–Crippen LogP) is 3.13. The van der Waals surface area contributed by atoms with E-state index < -0.39 is 0 Å². The molecule has 0 fully saturated rings. The molecule has 0 aliphatic heterocycles. The zero-order valence-electron chi connectivity index (χ0n) is 10.7. The molecule has 1 aromatic rings. The van der Waals surface area contributed by atoms with E-state index >= 15 is 0 Å². The Bertz CT molecular complexity index is 322. The molecular formula is C12H22ClN3. The number of aromatic nitrogens is 3. The molecule has 0 saturated heterocycles. The van der Waals surface area contributed by atoms with Crippen LogP contribution in [0.3, 0.4) is 0 Å². The monoisotopic (exact) mass is 243 g/mol. The molecule has 1 atom stereocenters. The molecule has 0 aliphatic rings. The summed E-state index contributed by atoms with van der Waals surface area (Å²) in [7, 11) is 0. The highest BCUT2D eigenvalue weighted by Gasteiger charge is 2.29.